The summed E-state index contributed by atoms with van der Waals surface area (Å²) in [7, 11) is 0. The van der Waals surface area contributed by atoms with Crippen LogP contribution >= 0.6 is 11.6 Å². The van der Waals surface area contributed by atoms with Crippen molar-refractivity contribution in [1.29, 1.82) is 0 Å². The fourth-order valence-electron chi connectivity index (χ4n) is 2.20. The maximum absolute atomic E-state index is 13.7. The van der Waals surface area contributed by atoms with E-state index in [0.717, 1.165) is 29.7 Å². The molecule has 1 aromatic heterocycles. The van der Waals surface area contributed by atoms with Crippen molar-refractivity contribution in [2.75, 3.05) is 6.54 Å². The average molecular weight is 293 g/mol. The standard InChI is InChI=1S/C16H18ClFN2/c1-3-8-20-16(13-10-19-9-7-11(13)2)12-5-4-6-14(18)15(12)17/h4-7,9-10,16,20H,3,8H2,1-2H3. The molecule has 2 aromatic rings. The van der Waals surface area contributed by atoms with Gasteiger partial charge in [0.1, 0.15) is 5.82 Å². The summed E-state index contributed by atoms with van der Waals surface area (Å²) in [4.78, 5) is 4.18. The zero-order valence-corrected chi connectivity index (χ0v) is 12.4. The summed E-state index contributed by atoms with van der Waals surface area (Å²) in [5.74, 6) is -0.394. The first-order valence-corrected chi connectivity index (χ1v) is 7.10. The normalized spacial score (nSPS) is 12.4. The molecule has 1 aromatic carbocycles. The summed E-state index contributed by atoms with van der Waals surface area (Å²) in [6.45, 7) is 4.93. The second-order valence-electron chi connectivity index (χ2n) is 4.76. The Morgan fingerprint density at radius 1 is 1.30 bits per heavy atom. The van der Waals surface area contributed by atoms with Crippen molar-refractivity contribution in [1.82, 2.24) is 10.3 Å². The van der Waals surface area contributed by atoms with E-state index in [1.165, 1.54) is 6.07 Å². The lowest BCUT2D eigenvalue weighted by molar-refractivity contribution is 0.583. The van der Waals surface area contributed by atoms with E-state index < -0.39 is 5.82 Å². The van der Waals surface area contributed by atoms with Crippen LogP contribution in [0.15, 0.2) is 36.7 Å². The highest BCUT2D eigenvalue weighted by atomic mass is 35.5. The summed E-state index contributed by atoms with van der Waals surface area (Å²) < 4.78 is 13.7. The molecule has 1 unspecified atom stereocenters. The van der Waals surface area contributed by atoms with Crippen LogP contribution in [-0.4, -0.2) is 11.5 Å². The van der Waals surface area contributed by atoms with Gasteiger partial charge in [0.2, 0.25) is 0 Å². The van der Waals surface area contributed by atoms with Gasteiger partial charge in [0.25, 0.3) is 0 Å². The smallest absolute Gasteiger partial charge is 0.142 e. The first-order chi connectivity index (χ1) is 9.65. The van der Waals surface area contributed by atoms with Crippen LogP contribution < -0.4 is 5.32 Å². The van der Waals surface area contributed by atoms with Gasteiger partial charge in [-0.1, -0.05) is 30.7 Å². The molecule has 0 aliphatic heterocycles. The van der Waals surface area contributed by atoms with Gasteiger partial charge in [-0.25, -0.2) is 4.39 Å². The van der Waals surface area contributed by atoms with E-state index in [1.807, 2.05) is 25.3 Å². The van der Waals surface area contributed by atoms with Gasteiger partial charge in [-0.15, -0.1) is 0 Å². The van der Waals surface area contributed by atoms with Crippen molar-refractivity contribution in [3.63, 3.8) is 0 Å². The number of hydrogen-bond acceptors (Lipinski definition) is 2. The van der Waals surface area contributed by atoms with Gasteiger partial charge in [-0.05, 0) is 48.7 Å². The topological polar surface area (TPSA) is 24.9 Å². The van der Waals surface area contributed by atoms with Crippen LogP contribution in [0.2, 0.25) is 5.02 Å². The van der Waals surface area contributed by atoms with E-state index in [9.17, 15) is 4.39 Å². The Bertz CT molecular complexity index is 586. The van der Waals surface area contributed by atoms with Crippen molar-refractivity contribution in [3.8, 4) is 0 Å². The molecular formula is C16H18ClFN2. The van der Waals surface area contributed by atoms with E-state index in [-0.39, 0.29) is 11.1 Å². The van der Waals surface area contributed by atoms with Crippen molar-refractivity contribution in [2.24, 2.45) is 0 Å². The van der Waals surface area contributed by atoms with Gasteiger partial charge < -0.3 is 5.32 Å². The second kappa shape index (κ2) is 6.82. The Balaban J connectivity index is 2.47. The Morgan fingerprint density at radius 3 is 2.80 bits per heavy atom. The monoisotopic (exact) mass is 292 g/mol. The van der Waals surface area contributed by atoms with E-state index in [2.05, 4.69) is 17.2 Å². The Morgan fingerprint density at radius 2 is 2.10 bits per heavy atom. The zero-order chi connectivity index (χ0) is 14.5. The molecule has 0 aliphatic carbocycles. The molecular weight excluding hydrogens is 275 g/mol. The molecule has 0 spiro atoms. The minimum absolute atomic E-state index is 0.146. The maximum atomic E-state index is 13.7. The number of aryl methyl sites for hydroxylation is 1. The van der Waals surface area contributed by atoms with E-state index in [4.69, 9.17) is 11.6 Å². The first kappa shape index (κ1) is 14.9. The highest BCUT2D eigenvalue weighted by Gasteiger charge is 2.19. The van der Waals surface area contributed by atoms with Crippen LogP contribution in [0.4, 0.5) is 4.39 Å². The molecule has 0 bridgehead atoms. The average Bonchev–Trinajstić information content (AvgIpc) is 2.45. The van der Waals surface area contributed by atoms with Crippen molar-refractivity contribution >= 4 is 11.6 Å². The van der Waals surface area contributed by atoms with Crippen LogP contribution in [0.25, 0.3) is 0 Å². The van der Waals surface area contributed by atoms with Crippen molar-refractivity contribution in [2.45, 2.75) is 26.3 Å². The minimum atomic E-state index is -0.394. The van der Waals surface area contributed by atoms with E-state index in [0.29, 0.717) is 0 Å². The number of nitrogens with one attached hydrogen (secondary N) is 1. The number of rotatable bonds is 5. The van der Waals surface area contributed by atoms with Gasteiger partial charge in [0, 0.05) is 12.4 Å². The lowest BCUT2D eigenvalue weighted by Crippen LogP contribution is -2.24. The number of aromatic nitrogens is 1. The third kappa shape index (κ3) is 3.17. The summed E-state index contributed by atoms with van der Waals surface area (Å²) in [6.07, 6.45) is 4.55. The molecule has 106 valence electrons. The summed E-state index contributed by atoms with van der Waals surface area (Å²) in [6, 6.07) is 6.71. The van der Waals surface area contributed by atoms with Crippen LogP contribution in [0.5, 0.6) is 0 Å². The summed E-state index contributed by atoms with van der Waals surface area (Å²) in [5, 5.41) is 3.59. The third-order valence-corrected chi connectivity index (χ3v) is 3.68. The number of pyridine rings is 1. The molecule has 0 amide bonds. The second-order valence-corrected chi connectivity index (χ2v) is 5.14. The van der Waals surface area contributed by atoms with Crippen molar-refractivity contribution in [3.05, 3.63) is 64.2 Å². The highest BCUT2D eigenvalue weighted by Crippen LogP contribution is 2.31. The Hall–Kier alpha value is -1.45. The molecule has 0 fully saturated rings. The predicted octanol–water partition coefficient (Wildman–Crippen LogP) is 4.27. The SMILES string of the molecule is CCCNC(c1cnccc1C)c1cccc(F)c1Cl. The molecule has 1 heterocycles. The number of hydrogen-bond donors (Lipinski definition) is 1. The molecule has 2 nitrogen and oxygen atoms in total. The lowest BCUT2D eigenvalue weighted by atomic mass is 9.96. The number of halogens is 2. The number of nitrogens with zero attached hydrogens (tertiary/aromatic N) is 1. The maximum Gasteiger partial charge on any atom is 0.142 e. The minimum Gasteiger partial charge on any atom is -0.306 e. The van der Waals surface area contributed by atoms with Crippen LogP contribution in [0, 0.1) is 12.7 Å². The first-order valence-electron chi connectivity index (χ1n) is 6.73. The molecule has 1 N–H and O–H groups in total. The Labute approximate surface area is 124 Å². The van der Waals surface area contributed by atoms with Gasteiger partial charge in [0.05, 0.1) is 11.1 Å². The fraction of sp³-hybridized carbons (Fsp3) is 0.312. The largest absolute Gasteiger partial charge is 0.306 e. The third-order valence-electron chi connectivity index (χ3n) is 3.28. The molecule has 0 saturated heterocycles. The number of benzene rings is 1. The zero-order valence-electron chi connectivity index (χ0n) is 11.7. The van der Waals surface area contributed by atoms with Crippen LogP contribution in [0.3, 0.4) is 0 Å². The molecule has 2 rings (SSSR count). The molecule has 4 heteroatoms. The van der Waals surface area contributed by atoms with Gasteiger partial charge in [-0.3, -0.25) is 4.98 Å². The van der Waals surface area contributed by atoms with Gasteiger partial charge >= 0.3 is 0 Å². The Kier molecular flexibility index (Phi) is 5.10. The van der Waals surface area contributed by atoms with Crippen molar-refractivity contribution < 1.29 is 4.39 Å². The molecule has 0 saturated carbocycles. The molecule has 0 aliphatic rings. The fourth-order valence-corrected chi connectivity index (χ4v) is 2.43. The molecule has 20 heavy (non-hydrogen) atoms. The van der Waals surface area contributed by atoms with Crippen LogP contribution in [-0.2, 0) is 0 Å². The quantitative estimate of drug-likeness (QED) is 0.890. The van der Waals surface area contributed by atoms with E-state index >= 15 is 0 Å². The van der Waals surface area contributed by atoms with Gasteiger partial charge in [-0.2, -0.15) is 0 Å². The molecule has 0 radical (unpaired) electrons. The van der Waals surface area contributed by atoms with Crippen LogP contribution in [0.1, 0.15) is 36.1 Å². The molecule has 1 atom stereocenters. The van der Waals surface area contributed by atoms with Gasteiger partial charge in [0.15, 0.2) is 0 Å². The predicted molar refractivity (Wildman–Crippen MR) is 80.5 cm³/mol. The summed E-state index contributed by atoms with van der Waals surface area (Å²) in [5.41, 5.74) is 2.87. The summed E-state index contributed by atoms with van der Waals surface area (Å²) >= 11 is 6.13. The lowest BCUT2D eigenvalue weighted by Gasteiger charge is -2.22. The van der Waals surface area contributed by atoms with E-state index in [1.54, 1.807) is 12.3 Å². The highest BCUT2D eigenvalue weighted by molar-refractivity contribution is 6.31.